The van der Waals surface area contributed by atoms with Crippen LogP contribution in [0.1, 0.15) is 6.42 Å². The van der Waals surface area contributed by atoms with E-state index >= 15 is 0 Å². The summed E-state index contributed by atoms with van der Waals surface area (Å²) in [6.07, 6.45) is 2.82. The third-order valence-corrected chi connectivity index (χ3v) is 2.60. The third-order valence-electron chi connectivity index (χ3n) is 2.60. The summed E-state index contributed by atoms with van der Waals surface area (Å²) in [5.74, 6) is 0.877. The van der Waals surface area contributed by atoms with Crippen molar-refractivity contribution in [1.29, 1.82) is 0 Å². The summed E-state index contributed by atoms with van der Waals surface area (Å²) in [6, 6.07) is 10.0. The number of ether oxygens (including phenoxy) is 1. The van der Waals surface area contributed by atoms with E-state index < -0.39 is 0 Å². The molecule has 0 aliphatic carbocycles. The Hall–Kier alpha value is -1.61. The Kier molecular flexibility index (Phi) is 3.94. The topological polar surface area (TPSA) is 25.4 Å². The Balaban J connectivity index is 2.03. The van der Waals surface area contributed by atoms with Crippen molar-refractivity contribution in [2.24, 2.45) is 0 Å². The first kappa shape index (κ1) is 11.9. The zero-order chi connectivity index (χ0) is 12.1. The molecule has 0 unspecified atom stereocenters. The Morgan fingerprint density at radius 3 is 2.82 bits per heavy atom. The number of hydrogen-bond acceptors (Lipinski definition) is 3. The summed E-state index contributed by atoms with van der Waals surface area (Å²) in [5, 5.41) is 1.12. The minimum absolute atomic E-state index is 0.730. The maximum Gasteiger partial charge on any atom is 0.145 e. The first-order valence-electron chi connectivity index (χ1n) is 5.88. The van der Waals surface area contributed by atoms with Gasteiger partial charge in [-0.05, 0) is 32.6 Å². The molecule has 3 nitrogen and oxygen atoms in total. The van der Waals surface area contributed by atoms with E-state index in [2.05, 4.69) is 36.1 Å². The van der Waals surface area contributed by atoms with E-state index in [0.717, 1.165) is 36.2 Å². The normalized spacial score (nSPS) is 11.0. The van der Waals surface area contributed by atoms with Crippen molar-refractivity contribution in [2.45, 2.75) is 6.42 Å². The third kappa shape index (κ3) is 3.17. The Labute approximate surface area is 102 Å². The van der Waals surface area contributed by atoms with Gasteiger partial charge in [0.2, 0.25) is 0 Å². The van der Waals surface area contributed by atoms with Gasteiger partial charge in [0.05, 0.1) is 6.61 Å². The second kappa shape index (κ2) is 5.64. The fourth-order valence-electron chi connectivity index (χ4n) is 1.76. The molecule has 17 heavy (non-hydrogen) atoms. The lowest BCUT2D eigenvalue weighted by Gasteiger charge is -2.11. The van der Waals surface area contributed by atoms with Gasteiger partial charge in [0.15, 0.2) is 0 Å². The van der Waals surface area contributed by atoms with Crippen LogP contribution >= 0.6 is 0 Å². The van der Waals surface area contributed by atoms with E-state index in [9.17, 15) is 0 Å². The number of benzene rings is 1. The summed E-state index contributed by atoms with van der Waals surface area (Å²) in [5.41, 5.74) is 0.944. The molecule has 0 saturated carbocycles. The summed E-state index contributed by atoms with van der Waals surface area (Å²) in [6.45, 7) is 1.77. The van der Waals surface area contributed by atoms with Crippen molar-refractivity contribution in [3.8, 4) is 5.75 Å². The van der Waals surface area contributed by atoms with Crippen LogP contribution in [0.2, 0.25) is 0 Å². The predicted octanol–water partition coefficient (Wildman–Crippen LogP) is 2.57. The Bertz CT molecular complexity index is 477. The molecule has 0 spiro atoms. The number of aromatic nitrogens is 1. The summed E-state index contributed by atoms with van der Waals surface area (Å²) >= 11 is 0. The van der Waals surface area contributed by atoms with Crippen LogP contribution in [0.15, 0.2) is 36.5 Å². The first-order chi connectivity index (χ1) is 8.27. The maximum atomic E-state index is 5.78. The van der Waals surface area contributed by atoms with Gasteiger partial charge in [-0.2, -0.15) is 0 Å². The monoisotopic (exact) mass is 230 g/mol. The van der Waals surface area contributed by atoms with Crippen LogP contribution in [0.25, 0.3) is 10.9 Å². The molecule has 0 amide bonds. The Morgan fingerprint density at radius 2 is 2.00 bits per heavy atom. The van der Waals surface area contributed by atoms with E-state index in [1.807, 2.05) is 18.2 Å². The van der Waals surface area contributed by atoms with Crippen molar-refractivity contribution >= 4 is 10.9 Å². The number of pyridine rings is 1. The standard InChI is InChI=1S/C14H18N2O/c1-16(2)10-5-11-17-13-8-3-6-12-7-4-9-15-14(12)13/h3-4,6-9H,5,10-11H2,1-2H3. The molecular weight excluding hydrogens is 212 g/mol. The van der Waals surface area contributed by atoms with E-state index in [4.69, 9.17) is 4.74 Å². The summed E-state index contributed by atoms with van der Waals surface area (Å²) in [4.78, 5) is 6.52. The summed E-state index contributed by atoms with van der Waals surface area (Å²) in [7, 11) is 4.14. The second-order valence-corrected chi connectivity index (χ2v) is 4.34. The number of fused-ring (bicyclic) bond motifs is 1. The van der Waals surface area contributed by atoms with Crippen LogP contribution in [0.3, 0.4) is 0 Å². The molecule has 2 rings (SSSR count). The first-order valence-corrected chi connectivity index (χ1v) is 5.88. The quantitative estimate of drug-likeness (QED) is 0.738. The van der Waals surface area contributed by atoms with Crippen molar-refractivity contribution in [2.75, 3.05) is 27.2 Å². The minimum Gasteiger partial charge on any atom is -0.491 e. The van der Waals surface area contributed by atoms with Crippen molar-refractivity contribution in [3.63, 3.8) is 0 Å². The van der Waals surface area contributed by atoms with Gasteiger partial charge in [-0.3, -0.25) is 4.98 Å². The molecular formula is C14H18N2O. The van der Waals surface area contributed by atoms with Gasteiger partial charge in [-0.15, -0.1) is 0 Å². The van der Waals surface area contributed by atoms with Crippen LogP contribution < -0.4 is 4.74 Å². The SMILES string of the molecule is CN(C)CCCOc1cccc2cccnc12. The highest BCUT2D eigenvalue weighted by Gasteiger charge is 2.02. The zero-order valence-corrected chi connectivity index (χ0v) is 10.4. The molecule has 90 valence electrons. The van der Waals surface area contributed by atoms with Gasteiger partial charge in [-0.25, -0.2) is 0 Å². The van der Waals surface area contributed by atoms with Crippen LogP contribution in [0, 0.1) is 0 Å². The van der Waals surface area contributed by atoms with Crippen LogP contribution in [-0.2, 0) is 0 Å². The lowest BCUT2D eigenvalue weighted by atomic mass is 10.2. The highest BCUT2D eigenvalue weighted by Crippen LogP contribution is 2.22. The van der Waals surface area contributed by atoms with Gasteiger partial charge in [-0.1, -0.05) is 18.2 Å². The highest BCUT2D eigenvalue weighted by atomic mass is 16.5. The van der Waals surface area contributed by atoms with Crippen molar-refractivity contribution in [1.82, 2.24) is 9.88 Å². The van der Waals surface area contributed by atoms with Gasteiger partial charge in [0.1, 0.15) is 11.3 Å². The fourth-order valence-corrected chi connectivity index (χ4v) is 1.76. The molecule has 0 fully saturated rings. The van der Waals surface area contributed by atoms with Gasteiger partial charge in [0.25, 0.3) is 0 Å². The maximum absolute atomic E-state index is 5.78. The minimum atomic E-state index is 0.730. The molecule has 1 heterocycles. The molecule has 2 aromatic rings. The number of para-hydroxylation sites is 1. The number of nitrogens with zero attached hydrogens (tertiary/aromatic N) is 2. The summed E-state index contributed by atoms with van der Waals surface area (Å²) < 4.78 is 5.78. The second-order valence-electron chi connectivity index (χ2n) is 4.34. The smallest absolute Gasteiger partial charge is 0.145 e. The van der Waals surface area contributed by atoms with Crippen molar-refractivity contribution < 1.29 is 4.74 Å². The number of rotatable bonds is 5. The lowest BCUT2D eigenvalue weighted by Crippen LogP contribution is -2.15. The average Bonchev–Trinajstić information content (AvgIpc) is 2.34. The highest BCUT2D eigenvalue weighted by molar-refractivity contribution is 5.84. The average molecular weight is 230 g/mol. The molecule has 0 N–H and O–H groups in total. The molecule has 1 aromatic carbocycles. The molecule has 1 aromatic heterocycles. The van der Waals surface area contributed by atoms with Crippen LogP contribution in [-0.4, -0.2) is 37.1 Å². The van der Waals surface area contributed by atoms with E-state index in [0.29, 0.717) is 0 Å². The van der Waals surface area contributed by atoms with Crippen molar-refractivity contribution in [3.05, 3.63) is 36.5 Å². The molecule has 0 saturated heterocycles. The van der Waals surface area contributed by atoms with Gasteiger partial charge < -0.3 is 9.64 Å². The zero-order valence-electron chi connectivity index (χ0n) is 10.4. The van der Waals surface area contributed by atoms with E-state index in [1.54, 1.807) is 6.20 Å². The molecule has 0 aliphatic heterocycles. The predicted molar refractivity (Wildman–Crippen MR) is 70.4 cm³/mol. The van der Waals surface area contributed by atoms with E-state index in [-0.39, 0.29) is 0 Å². The largest absolute Gasteiger partial charge is 0.491 e. The molecule has 3 heteroatoms. The molecule has 0 atom stereocenters. The molecule has 0 aliphatic rings. The Morgan fingerprint density at radius 1 is 1.18 bits per heavy atom. The fraction of sp³-hybridized carbons (Fsp3) is 0.357. The number of hydrogen-bond donors (Lipinski definition) is 0. The molecule has 0 bridgehead atoms. The molecule has 0 radical (unpaired) electrons. The van der Waals surface area contributed by atoms with Gasteiger partial charge in [0, 0.05) is 18.1 Å². The van der Waals surface area contributed by atoms with Gasteiger partial charge >= 0.3 is 0 Å². The van der Waals surface area contributed by atoms with E-state index in [1.165, 1.54) is 0 Å². The lowest BCUT2D eigenvalue weighted by molar-refractivity contribution is 0.284. The van der Waals surface area contributed by atoms with Crippen LogP contribution in [0.4, 0.5) is 0 Å². The van der Waals surface area contributed by atoms with Crippen LogP contribution in [0.5, 0.6) is 5.75 Å².